The lowest BCUT2D eigenvalue weighted by Gasteiger charge is -2.34. The number of amides is 2. The number of carbonyl (C=O) groups is 2. The number of ether oxygens (including phenoxy) is 1. The van der Waals surface area contributed by atoms with Gasteiger partial charge in [-0.15, -0.1) is 4.31 Å². The Hall–Kier alpha value is -2.49. The summed E-state index contributed by atoms with van der Waals surface area (Å²) in [5, 5.41) is 23.0. The molecule has 1 spiro atoms. The molecule has 2 atom stereocenters. The van der Waals surface area contributed by atoms with Crippen molar-refractivity contribution < 1.29 is 42.3 Å². The normalized spacial score (nSPS) is 20.2. The van der Waals surface area contributed by atoms with Gasteiger partial charge in [0.2, 0.25) is 0 Å². The Balaban J connectivity index is 1.21. The van der Waals surface area contributed by atoms with Crippen LogP contribution < -0.4 is 5.32 Å². The first-order chi connectivity index (χ1) is 23.3. The zero-order valence-electron chi connectivity index (χ0n) is 28.6. The van der Waals surface area contributed by atoms with E-state index in [0.29, 0.717) is 76.1 Å². The number of rotatable bonds is 16. The second-order valence-corrected chi connectivity index (χ2v) is 14.8. The van der Waals surface area contributed by atoms with Gasteiger partial charge in [0.15, 0.2) is 0 Å². The van der Waals surface area contributed by atoms with Crippen molar-refractivity contribution in [2.45, 2.75) is 115 Å². The summed E-state index contributed by atoms with van der Waals surface area (Å²) in [6.45, 7) is 5.58. The largest absolute Gasteiger partial charge is 0.593 e. The number of aliphatic imine (C=N–C) groups is 1. The van der Waals surface area contributed by atoms with Crippen LogP contribution in [0.25, 0.3) is 6.08 Å². The minimum absolute atomic E-state index is 0.0542. The molecule has 3 N–H and O–H groups in total. The molecule has 2 fully saturated rings. The summed E-state index contributed by atoms with van der Waals surface area (Å²) in [4.78, 5) is 32.7. The van der Waals surface area contributed by atoms with Crippen molar-refractivity contribution in [1.82, 2.24) is 14.5 Å². The second kappa shape index (κ2) is 18.1. The van der Waals surface area contributed by atoms with Crippen LogP contribution in [0.4, 0.5) is 13.2 Å². The molecule has 2 saturated heterocycles. The number of aryl methyl sites for hydroxylation is 2. The molecule has 4 rings (SSSR count). The van der Waals surface area contributed by atoms with Crippen molar-refractivity contribution in [2.75, 3.05) is 39.4 Å². The maximum Gasteiger partial charge on any atom is 0.389 e. The average molecular weight is 713 g/mol. The van der Waals surface area contributed by atoms with Gasteiger partial charge in [-0.1, -0.05) is 25.7 Å². The zero-order chi connectivity index (χ0) is 35.6. The number of carbonyl (C=O) groups excluding carboxylic acids is 2. The van der Waals surface area contributed by atoms with Crippen molar-refractivity contribution in [3.8, 4) is 0 Å². The van der Waals surface area contributed by atoms with Crippen molar-refractivity contribution in [1.29, 1.82) is 0 Å². The van der Waals surface area contributed by atoms with Crippen LogP contribution in [0, 0.1) is 13.8 Å². The van der Waals surface area contributed by atoms with Gasteiger partial charge >= 0.3 is 6.18 Å². The number of benzene rings is 1. The molecule has 0 aromatic heterocycles. The van der Waals surface area contributed by atoms with Crippen LogP contribution in [-0.4, -0.2) is 105 Å². The molecule has 14 heteroatoms. The van der Waals surface area contributed by atoms with E-state index in [1.807, 2.05) is 36.4 Å². The second-order valence-electron chi connectivity index (χ2n) is 13.5. The lowest BCUT2D eigenvalue weighted by Crippen LogP contribution is -2.50. The summed E-state index contributed by atoms with van der Waals surface area (Å²) in [5.41, 5.74) is 2.46. The Morgan fingerprint density at radius 1 is 1.10 bits per heavy atom. The summed E-state index contributed by atoms with van der Waals surface area (Å²) in [7, 11) is 0. The summed E-state index contributed by atoms with van der Waals surface area (Å²) < 4.78 is 57.5. The van der Waals surface area contributed by atoms with Gasteiger partial charge in [-0.2, -0.15) is 13.2 Å². The van der Waals surface area contributed by atoms with Gasteiger partial charge in [0, 0.05) is 44.6 Å². The minimum atomic E-state index is -4.08. The van der Waals surface area contributed by atoms with E-state index in [1.165, 1.54) is 0 Å². The molecule has 274 valence electrons. The molecular weight excluding hydrogens is 661 g/mol. The fraction of sp³-hybridized carbons (Fsp3) is 0.686. The fourth-order valence-corrected chi connectivity index (χ4v) is 7.65. The topological polar surface area (TPSA) is 138 Å². The Labute approximate surface area is 290 Å². The quantitative estimate of drug-likeness (QED) is 0.163. The number of hydrogen-bond acceptors (Lipinski definition) is 8. The third-order valence-corrected chi connectivity index (χ3v) is 10.9. The van der Waals surface area contributed by atoms with Gasteiger partial charge < -0.3 is 29.7 Å². The van der Waals surface area contributed by atoms with Crippen LogP contribution in [0.5, 0.6) is 0 Å². The summed E-state index contributed by atoms with van der Waals surface area (Å²) in [5.74, 6) is 0.492. The van der Waals surface area contributed by atoms with E-state index in [4.69, 9.17) is 14.8 Å². The smallest absolute Gasteiger partial charge is 0.389 e. The van der Waals surface area contributed by atoms with E-state index < -0.39 is 35.6 Å². The van der Waals surface area contributed by atoms with Crippen LogP contribution in [0.15, 0.2) is 22.5 Å². The summed E-state index contributed by atoms with van der Waals surface area (Å²) in [6.07, 6.45) is 2.98. The molecule has 3 heterocycles. The predicted octanol–water partition coefficient (Wildman–Crippen LogP) is 4.96. The number of amidine groups is 1. The SMILES string of the molecule is Cc1cc(C(=O)N2CCC(OC[C@H](O)CO)CC2)cc(C)c1/C=C/[S@+]([O-])N1CCC2(CC1)N=C(CCCCCCCCC(F)(F)F)NC2=O. The van der Waals surface area contributed by atoms with Gasteiger partial charge in [0.25, 0.3) is 11.8 Å². The maximum absolute atomic E-state index is 13.3. The van der Waals surface area contributed by atoms with Gasteiger partial charge in [-0.25, -0.2) is 0 Å². The van der Waals surface area contributed by atoms with Crippen LogP contribution in [0.2, 0.25) is 0 Å². The lowest BCUT2D eigenvalue weighted by molar-refractivity contribution is -0.135. The number of hydrogen-bond donors (Lipinski definition) is 3. The number of likely N-dealkylation sites (tertiary alicyclic amines) is 1. The molecule has 2 amide bonds. The Bertz CT molecular complexity index is 1300. The first kappa shape index (κ1) is 39.3. The van der Waals surface area contributed by atoms with Gasteiger partial charge in [0.05, 0.1) is 30.7 Å². The summed E-state index contributed by atoms with van der Waals surface area (Å²) >= 11 is -1.41. The third-order valence-electron chi connectivity index (χ3n) is 9.61. The Morgan fingerprint density at radius 2 is 1.71 bits per heavy atom. The number of unbranched alkanes of at least 4 members (excludes halogenated alkanes) is 5. The molecule has 1 aromatic carbocycles. The third kappa shape index (κ3) is 11.5. The molecule has 1 aromatic rings. The molecule has 3 aliphatic heterocycles. The molecule has 10 nitrogen and oxygen atoms in total. The van der Waals surface area contributed by atoms with E-state index in [-0.39, 0.29) is 37.6 Å². The van der Waals surface area contributed by atoms with Crippen LogP contribution >= 0.6 is 0 Å². The van der Waals surface area contributed by atoms with Crippen LogP contribution in [0.3, 0.4) is 0 Å². The number of aliphatic hydroxyl groups excluding tert-OH is 2. The van der Waals surface area contributed by atoms with E-state index in [1.54, 1.807) is 10.3 Å². The standard InChI is InChI=1S/C35H51F3N4O6S/c1-25-21-27(32(45)41-16-10-29(11-17-41)48-24-28(44)23-43)22-26(2)30(25)12-20-49(47)42-18-14-34(15-19-42)33(46)39-31(40-34)9-7-5-3-4-6-8-13-35(36,37)38/h12,20-22,28-29,43-44H,3-11,13-19,23-24H2,1-2H3,(H,39,40,46)/b20-12+/t28-,49+/m1/s1. The van der Waals surface area contributed by atoms with E-state index in [9.17, 15) is 32.4 Å². The fourth-order valence-electron chi connectivity index (χ4n) is 6.68. The van der Waals surface area contributed by atoms with Gasteiger partial charge in [0.1, 0.15) is 22.9 Å². The van der Waals surface area contributed by atoms with Gasteiger partial charge in [-0.3, -0.25) is 14.6 Å². The van der Waals surface area contributed by atoms with E-state index >= 15 is 0 Å². The van der Waals surface area contributed by atoms with Crippen molar-refractivity contribution in [2.24, 2.45) is 4.99 Å². The molecular formula is C35H51F3N4O6S. The number of nitrogens with zero attached hydrogens (tertiary/aromatic N) is 3. The number of halogens is 3. The Morgan fingerprint density at radius 3 is 2.33 bits per heavy atom. The first-order valence-corrected chi connectivity index (χ1v) is 18.6. The van der Waals surface area contributed by atoms with E-state index in [2.05, 4.69) is 5.32 Å². The molecule has 0 radical (unpaired) electrons. The summed E-state index contributed by atoms with van der Waals surface area (Å²) in [6, 6.07) is 3.71. The molecule has 49 heavy (non-hydrogen) atoms. The highest BCUT2D eigenvalue weighted by molar-refractivity contribution is 7.92. The number of aliphatic hydroxyl groups is 2. The lowest BCUT2D eigenvalue weighted by atomic mass is 9.89. The number of alkyl halides is 3. The first-order valence-electron chi connectivity index (χ1n) is 17.4. The molecule has 0 unspecified atom stereocenters. The van der Waals surface area contributed by atoms with Crippen molar-refractivity contribution in [3.63, 3.8) is 0 Å². The number of nitrogens with one attached hydrogen (secondary N) is 1. The Kier molecular flexibility index (Phi) is 14.5. The van der Waals surface area contributed by atoms with E-state index in [0.717, 1.165) is 42.4 Å². The molecule has 0 saturated carbocycles. The van der Waals surface area contributed by atoms with Crippen LogP contribution in [0.1, 0.15) is 104 Å². The van der Waals surface area contributed by atoms with Crippen molar-refractivity contribution >= 4 is 35.1 Å². The van der Waals surface area contributed by atoms with Gasteiger partial charge in [-0.05, 0) is 87.3 Å². The predicted molar refractivity (Wildman–Crippen MR) is 183 cm³/mol. The molecule has 0 aliphatic carbocycles. The highest BCUT2D eigenvalue weighted by Gasteiger charge is 2.47. The minimum Gasteiger partial charge on any atom is -0.593 e. The molecule has 3 aliphatic rings. The van der Waals surface area contributed by atoms with Crippen molar-refractivity contribution in [3.05, 3.63) is 39.8 Å². The highest BCUT2D eigenvalue weighted by atomic mass is 32.2. The zero-order valence-corrected chi connectivity index (χ0v) is 29.4. The number of piperidine rings is 2. The van der Waals surface area contributed by atoms with Crippen LogP contribution in [-0.2, 0) is 20.9 Å². The maximum atomic E-state index is 13.3. The monoisotopic (exact) mass is 712 g/mol. The average Bonchev–Trinajstić information content (AvgIpc) is 3.37. The highest BCUT2D eigenvalue weighted by Crippen LogP contribution is 2.32. The molecule has 0 bridgehead atoms.